The first-order valence-corrected chi connectivity index (χ1v) is 7.76. The lowest BCUT2D eigenvalue weighted by Crippen LogP contribution is -2.42. The zero-order chi connectivity index (χ0) is 17.7. The number of nitrogens with one attached hydrogen (secondary N) is 3. The van der Waals surface area contributed by atoms with Gasteiger partial charge in [0.15, 0.2) is 5.96 Å². The molecule has 23 heavy (non-hydrogen) atoms. The Hall–Kier alpha value is -1.99. The van der Waals surface area contributed by atoms with Gasteiger partial charge in [0.05, 0.1) is 7.11 Å². The number of amides is 1. The first-order chi connectivity index (χ1) is 10.8. The van der Waals surface area contributed by atoms with E-state index in [9.17, 15) is 9.59 Å². The molecule has 3 N–H and O–H groups in total. The quantitative estimate of drug-likeness (QED) is 0.266. The van der Waals surface area contributed by atoms with Crippen molar-refractivity contribution in [1.82, 2.24) is 16.0 Å². The molecule has 0 aromatic carbocycles. The number of guanidine groups is 1. The fourth-order valence-corrected chi connectivity index (χ4v) is 1.58. The van der Waals surface area contributed by atoms with Gasteiger partial charge in [-0.3, -0.25) is 9.79 Å². The van der Waals surface area contributed by atoms with Gasteiger partial charge in [0.1, 0.15) is 5.60 Å². The number of carbonyl (C=O) groups is 2. The van der Waals surface area contributed by atoms with Crippen LogP contribution in [0.25, 0.3) is 0 Å². The largest absolute Gasteiger partial charge is 0.469 e. The number of hydrogen-bond acceptors (Lipinski definition) is 5. The lowest BCUT2D eigenvalue weighted by Gasteiger charge is -2.19. The number of aliphatic imine (C=N–C) groups is 1. The molecule has 0 saturated heterocycles. The molecule has 0 aliphatic heterocycles. The maximum absolute atomic E-state index is 11.5. The predicted octanol–water partition coefficient (Wildman–Crippen LogP) is 1.02. The van der Waals surface area contributed by atoms with Gasteiger partial charge in [-0.15, -0.1) is 0 Å². The molecule has 0 aromatic rings. The molecule has 0 radical (unpaired) electrons. The minimum absolute atomic E-state index is 0.194. The van der Waals surface area contributed by atoms with E-state index in [1.165, 1.54) is 7.11 Å². The maximum atomic E-state index is 11.5. The molecule has 0 unspecified atom stereocenters. The van der Waals surface area contributed by atoms with Crippen molar-refractivity contribution in [3.05, 3.63) is 0 Å². The summed E-state index contributed by atoms with van der Waals surface area (Å²) < 4.78 is 9.70. The van der Waals surface area contributed by atoms with E-state index >= 15 is 0 Å². The van der Waals surface area contributed by atoms with Gasteiger partial charge < -0.3 is 25.4 Å². The van der Waals surface area contributed by atoms with Gasteiger partial charge in [0.2, 0.25) is 0 Å². The Morgan fingerprint density at radius 2 is 1.61 bits per heavy atom. The van der Waals surface area contributed by atoms with E-state index in [0.29, 0.717) is 32.0 Å². The standard InChI is InChI=1S/C15H30N4O4/c1-15(2,3)23-14(21)19-11-10-18-13(16-4)17-9-7-6-8-12(20)22-5/h6-11H2,1-5H3,(H,19,21)(H2,16,17,18). The number of methoxy groups -OCH3 is 1. The fourth-order valence-electron chi connectivity index (χ4n) is 1.58. The lowest BCUT2D eigenvalue weighted by molar-refractivity contribution is -0.140. The van der Waals surface area contributed by atoms with Gasteiger partial charge in [-0.1, -0.05) is 0 Å². The van der Waals surface area contributed by atoms with E-state index in [4.69, 9.17) is 4.74 Å². The van der Waals surface area contributed by atoms with E-state index in [0.717, 1.165) is 12.8 Å². The number of alkyl carbamates (subject to hydrolysis) is 1. The molecule has 0 aromatic heterocycles. The topological polar surface area (TPSA) is 101 Å². The third-order valence-electron chi connectivity index (χ3n) is 2.64. The van der Waals surface area contributed by atoms with E-state index in [2.05, 4.69) is 25.7 Å². The SMILES string of the molecule is CN=C(NCCCCC(=O)OC)NCCNC(=O)OC(C)(C)C. The Labute approximate surface area is 138 Å². The number of esters is 1. The first-order valence-electron chi connectivity index (χ1n) is 7.76. The summed E-state index contributed by atoms with van der Waals surface area (Å²) in [6.45, 7) is 7.11. The van der Waals surface area contributed by atoms with E-state index in [1.807, 2.05) is 20.8 Å². The molecule has 0 bridgehead atoms. The van der Waals surface area contributed by atoms with Crippen molar-refractivity contribution < 1.29 is 19.1 Å². The Balaban J connectivity index is 3.71. The second-order valence-corrected chi connectivity index (χ2v) is 5.89. The normalized spacial score (nSPS) is 11.6. The maximum Gasteiger partial charge on any atom is 0.407 e. The van der Waals surface area contributed by atoms with E-state index < -0.39 is 11.7 Å². The Kier molecular flexibility index (Phi) is 10.6. The highest BCUT2D eigenvalue weighted by Crippen LogP contribution is 2.05. The van der Waals surface area contributed by atoms with Crippen LogP contribution in [0.2, 0.25) is 0 Å². The number of nitrogens with zero attached hydrogens (tertiary/aromatic N) is 1. The molecule has 0 spiro atoms. The van der Waals surface area contributed by atoms with Crippen LogP contribution in [0.3, 0.4) is 0 Å². The first kappa shape index (κ1) is 21.0. The van der Waals surface area contributed by atoms with Crippen LogP contribution in [0.4, 0.5) is 4.79 Å². The van der Waals surface area contributed by atoms with Crippen LogP contribution in [0.5, 0.6) is 0 Å². The van der Waals surface area contributed by atoms with E-state index in [-0.39, 0.29) is 5.97 Å². The second-order valence-electron chi connectivity index (χ2n) is 5.89. The van der Waals surface area contributed by atoms with Crippen LogP contribution in [0.15, 0.2) is 4.99 Å². The Bertz CT molecular complexity index is 391. The van der Waals surface area contributed by atoms with E-state index in [1.54, 1.807) is 7.05 Å². The zero-order valence-electron chi connectivity index (χ0n) is 14.8. The van der Waals surface area contributed by atoms with Crippen molar-refractivity contribution in [2.24, 2.45) is 4.99 Å². The highest BCUT2D eigenvalue weighted by Gasteiger charge is 2.15. The summed E-state index contributed by atoms with van der Waals surface area (Å²) in [5.41, 5.74) is -0.501. The molecule has 0 heterocycles. The molecule has 0 aliphatic carbocycles. The second kappa shape index (κ2) is 11.6. The van der Waals surface area contributed by atoms with Crippen LogP contribution in [0, 0.1) is 0 Å². The average molecular weight is 330 g/mol. The number of unbranched alkanes of at least 4 members (excludes halogenated alkanes) is 1. The van der Waals surface area contributed by atoms with Crippen LogP contribution < -0.4 is 16.0 Å². The molecule has 0 aliphatic rings. The molecule has 0 rings (SSSR count). The van der Waals surface area contributed by atoms with Gasteiger partial charge in [-0.25, -0.2) is 4.79 Å². The fraction of sp³-hybridized carbons (Fsp3) is 0.800. The average Bonchev–Trinajstić information content (AvgIpc) is 2.46. The minimum atomic E-state index is -0.501. The molecule has 134 valence electrons. The third kappa shape index (κ3) is 13.4. The highest BCUT2D eigenvalue weighted by molar-refractivity contribution is 5.79. The van der Waals surface area contributed by atoms with Gasteiger partial charge in [0.25, 0.3) is 0 Å². The van der Waals surface area contributed by atoms with Crippen LogP contribution in [-0.4, -0.2) is 57.4 Å². The predicted molar refractivity (Wildman–Crippen MR) is 89.5 cm³/mol. The molecular formula is C15H30N4O4. The van der Waals surface area contributed by atoms with Gasteiger partial charge >= 0.3 is 12.1 Å². The Morgan fingerprint density at radius 1 is 1.00 bits per heavy atom. The molecule has 0 atom stereocenters. The zero-order valence-corrected chi connectivity index (χ0v) is 14.8. The van der Waals surface area contributed by atoms with Crippen molar-refractivity contribution >= 4 is 18.0 Å². The number of carbonyl (C=O) groups excluding carboxylic acids is 2. The van der Waals surface area contributed by atoms with Crippen molar-refractivity contribution in [3.8, 4) is 0 Å². The summed E-state index contributed by atoms with van der Waals surface area (Å²) in [4.78, 5) is 26.5. The highest BCUT2D eigenvalue weighted by atomic mass is 16.6. The Morgan fingerprint density at radius 3 is 2.17 bits per heavy atom. The van der Waals surface area contributed by atoms with Crippen molar-refractivity contribution in [2.75, 3.05) is 33.8 Å². The van der Waals surface area contributed by atoms with Gasteiger partial charge in [0, 0.05) is 33.1 Å². The van der Waals surface area contributed by atoms with Crippen LogP contribution in [0.1, 0.15) is 40.0 Å². The molecule has 8 nitrogen and oxygen atoms in total. The molecule has 8 heteroatoms. The third-order valence-corrected chi connectivity index (χ3v) is 2.64. The summed E-state index contributed by atoms with van der Waals surface area (Å²) >= 11 is 0. The minimum Gasteiger partial charge on any atom is -0.469 e. The van der Waals surface area contributed by atoms with Crippen molar-refractivity contribution in [3.63, 3.8) is 0 Å². The lowest BCUT2D eigenvalue weighted by atomic mass is 10.2. The van der Waals surface area contributed by atoms with Crippen molar-refractivity contribution in [2.45, 2.75) is 45.6 Å². The van der Waals surface area contributed by atoms with Crippen LogP contribution >= 0.6 is 0 Å². The summed E-state index contributed by atoms with van der Waals surface area (Å²) in [6, 6.07) is 0. The summed E-state index contributed by atoms with van der Waals surface area (Å²) in [5.74, 6) is 0.454. The van der Waals surface area contributed by atoms with Gasteiger partial charge in [-0.05, 0) is 33.6 Å². The number of hydrogen-bond donors (Lipinski definition) is 3. The summed E-state index contributed by atoms with van der Waals surface area (Å²) in [5, 5.41) is 8.86. The molecule has 1 amide bonds. The smallest absolute Gasteiger partial charge is 0.407 e. The molecule has 0 saturated carbocycles. The molecule has 0 fully saturated rings. The summed E-state index contributed by atoms with van der Waals surface area (Å²) in [6.07, 6.45) is 1.58. The van der Waals surface area contributed by atoms with Crippen LogP contribution in [-0.2, 0) is 14.3 Å². The number of ether oxygens (including phenoxy) is 2. The van der Waals surface area contributed by atoms with Gasteiger partial charge in [-0.2, -0.15) is 0 Å². The molecular weight excluding hydrogens is 300 g/mol. The van der Waals surface area contributed by atoms with Crippen molar-refractivity contribution in [1.29, 1.82) is 0 Å². The summed E-state index contributed by atoms with van der Waals surface area (Å²) in [7, 11) is 3.06. The monoisotopic (exact) mass is 330 g/mol. The number of rotatable bonds is 8.